The number of nitrogen functional groups attached to an aromatic ring is 1. The van der Waals surface area contributed by atoms with Gasteiger partial charge in [-0.3, -0.25) is 0 Å². The van der Waals surface area contributed by atoms with Crippen molar-refractivity contribution in [2.24, 2.45) is 0 Å². The van der Waals surface area contributed by atoms with Crippen LogP contribution in [0.1, 0.15) is 19.4 Å². The standard InChI is InChI=1S/C14H24ClN3O2S/c1-6-18(10(2)9-17(4)5)21(19,20)14-8-12(15)7-13(16)11(14)3/h7-8,10H,6,9,16H2,1-5H3. The van der Waals surface area contributed by atoms with Gasteiger partial charge in [-0.05, 0) is 45.6 Å². The number of anilines is 1. The van der Waals surface area contributed by atoms with Crippen LogP contribution in [-0.4, -0.2) is 50.8 Å². The minimum atomic E-state index is -3.63. The van der Waals surface area contributed by atoms with Crippen molar-refractivity contribution in [2.75, 3.05) is 32.9 Å². The van der Waals surface area contributed by atoms with E-state index in [0.717, 1.165) is 0 Å². The number of benzene rings is 1. The van der Waals surface area contributed by atoms with Gasteiger partial charge in [0.1, 0.15) is 0 Å². The van der Waals surface area contributed by atoms with E-state index in [9.17, 15) is 8.42 Å². The zero-order valence-electron chi connectivity index (χ0n) is 13.2. The Morgan fingerprint density at radius 3 is 2.38 bits per heavy atom. The molecule has 1 unspecified atom stereocenters. The second kappa shape index (κ2) is 6.96. The zero-order valence-corrected chi connectivity index (χ0v) is 14.8. The van der Waals surface area contributed by atoms with E-state index in [-0.39, 0.29) is 10.9 Å². The lowest BCUT2D eigenvalue weighted by atomic mass is 10.2. The second-order valence-electron chi connectivity index (χ2n) is 5.44. The van der Waals surface area contributed by atoms with Crippen LogP contribution in [0.2, 0.25) is 5.02 Å². The van der Waals surface area contributed by atoms with E-state index in [2.05, 4.69) is 0 Å². The molecule has 1 atom stereocenters. The summed E-state index contributed by atoms with van der Waals surface area (Å²) in [5.74, 6) is 0. The van der Waals surface area contributed by atoms with E-state index in [1.54, 1.807) is 13.0 Å². The Bertz CT molecular complexity index is 602. The van der Waals surface area contributed by atoms with E-state index in [0.29, 0.717) is 29.4 Å². The molecule has 0 aliphatic carbocycles. The van der Waals surface area contributed by atoms with Crippen molar-refractivity contribution in [1.82, 2.24) is 9.21 Å². The molecule has 5 nitrogen and oxygen atoms in total. The monoisotopic (exact) mass is 333 g/mol. The van der Waals surface area contributed by atoms with Crippen molar-refractivity contribution >= 4 is 27.3 Å². The van der Waals surface area contributed by atoms with Gasteiger partial charge >= 0.3 is 0 Å². The minimum absolute atomic E-state index is 0.144. The fourth-order valence-electron chi connectivity index (χ4n) is 2.41. The molecule has 0 bridgehead atoms. The number of hydrogen-bond acceptors (Lipinski definition) is 4. The normalized spacial score (nSPS) is 13.9. The van der Waals surface area contributed by atoms with Crippen LogP contribution >= 0.6 is 11.6 Å². The molecule has 0 aliphatic rings. The van der Waals surface area contributed by atoms with Gasteiger partial charge in [0, 0.05) is 29.8 Å². The Balaban J connectivity index is 3.32. The van der Waals surface area contributed by atoms with Gasteiger partial charge in [0.25, 0.3) is 0 Å². The third kappa shape index (κ3) is 4.10. The Labute approximate surface area is 132 Å². The molecule has 2 N–H and O–H groups in total. The molecule has 0 amide bonds. The lowest BCUT2D eigenvalue weighted by Crippen LogP contribution is -2.43. The number of sulfonamides is 1. The molecule has 0 saturated carbocycles. The topological polar surface area (TPSA) is 66.6 Å². The number of nitrogens with zero attached hydrogens (tertiary/aromatic N) is 2. The summed E-state index contributed by atoms with van der Waals surface area (Å²) in [4.78, 5) is 2.14. The smallest absolute Gasteiger partial charge is 0.243 e. The van der Waals surface area contributed by atoms with E-state index in [4.69, 9.17) is 17.3 Å². The van der Waals surface area contributed by atoms with Gasteiger partial charge < -0.3 is 10.6 Å². The van der Waals surface area contributed by atoms with Gasteiger partial charge in [-0.2, -0.15) is 4.31 Å². The second-order valence-corrected chi connectivity index (χ2v) is 7.73. The Kier molecular flexibility index (Phi) is 6.04. The van der Waals surface area contributed by atoms with Gasteiger partial charge in [0.15, 0.2) is 0 Å². The molecule has 7 heteroatoms. The van der Waals surface area contributed by atoms with Gasteiger partial charge in [-0.1, -0.05) is 18.5 Å². The molecule has 120 valence electrons. The number of nitrogens with two attached hydrogens (primary N) is 1. The van der Waals surface area contributed by atoms with Crippen molar-refractivity contribution in [2.45, 2.75) is 31.7 Å². The summed E-state index contributed by atoms with van der Waals surface area (Å²) in [5, 5.41) is 0.327. The van der Waals surface area contributed by atoms with Crippen LogP contribution in [-0.2, 0) is 10.0 Å². The van der Waals surface area contributed by atoms with Crippen LogP contribution in [0, 0.1) is 6.92 Å². The number of halogens is 1. The summed E-state index contributed by atoms with van der Waals surface area (Å²) in [5.41, 5.74) is 6.76. The molecule has 0 fully saturated rings. The first-order valence-corrected chi connectivity index (χ1v) is 8.65. The fraction of sp³-hybridized carbons (Fsp3) is 0.571. The molecular weight excluding hydrogens is 310 g/mol. The Hall–Kier alpha value is -0.820. The number of hydrogen-bond donors (Lipinski definition) is 1. The predicted molar refractivity (Wildman–Crippen MR) is 88.2 cm³/mol. The van der Waals surface area contributed by atoms with Crippen LogP contribution in [0.3, 0.4) is 0 Å². The van der Waals surface area contributed by atoms with Crippen molar-refractivity contribution < 1.29 is 8.42 Å². The highest BCUT2D eigenvalue weighted by Gasteiger charge is 2.30. The molecule has 0 spiro atoms. The summed E-state index contributed by atoms with van der Waals surface area (Å²) in [6.45, 7) is 6.45. The molecular formula is C14H24ClN3O2S. The quantitative estimate of drug-likeness (QED) is 0.810. The van der Waals surface area contributed by atoms with Gasteiger partial charge in [0.2, 0.25) is 10.0 Å². The first-order chi connectivity index (χ1) is 9.61. The molecule has 1 aromatic rings. The van der Waals surface area contributed by atoms with E-state index in [1.165, 1.54) is 10.4 Å². The average molecular weight is 334 g/mol. The third-order valence-corrected chi connectivity index (χ3v) is 5.82. The maximum Gasteiger partial charge on any atom is 0.243 e. The van der Waals surface area contributed by atoms with E-state index in [1.807, 2.05) is 32.8 Å². The Morgan fingerprint density at radius 1 is 1.33 bits per heavy atom. The first-order valence-electron chi connectivity index (χ1n) is 6.83. The lowest BCUT2D eigenvalue weighted by molar-refractivity contribution is 0.271. The molecule has 1 rings (SSSR count). The van der Waals surface area contributed by atoms with E-state index >= 15 is 0 Å². The summed E-state index contributed by atoms with van der Waals surface area (Å²) >= 11 is 5.97. The highest BCUT2D eigenvalue weighted by Crippen LogP contribution is 2.29. The number of likely N-dealkylation sites (N-methyl/N-ethyl adjacent to an activating group) is 2. The highest BCUT2D eigenvalue weighted by atomic mass is 35.5. The Morgan fingerprint density at radius 2 is 1.90 bits per heavy atom. The van der Waals surface area contributed by atoms with Crippen molar-refractivity contribution in [3.8, 4) is 0 Å². The average Bonchev–Trinajstić information content (AvgIpc) is 2.32. The highest BCUT2D eigenvalue weighted by molar-refractivity contribution is 7.89. The van der Waals surface area contributed by atoms with Crippen LogP contribution in [0.5, 0.6) is 0 Å². The largest absolute Gasteiger partial charge is 0.398 e. The lowest BCUT2D eigenvalue weighted by Gasteiger charge is -2.30. The first kappa shape index (κ1) is 18.2. The van der Waals surface area contributed by atoms with Crippen molar-refractivity contribution in [1.29, 1.82) is 0 Å². The zero-order chi connectivity index (χ0) is 16.4. The van der Waals surface area contributed by atoms with Crippen LogP contribution in [0.15, 0.2) is 17.0 Å². The summed E-state index contributed by atoms with van der Waals surface area (Å²) in [6.07, 6.45) is 0. The van der Waals surface area contributed by atoms with Crippen molar-refractivity contribution in [3.63, 3.8) is 0 Å². The molecule has 0 radical (unpaired) electrons. The van der Waals surface area contributed by atoms with Gasteiger partial charge in [0.05, 0.1) is 4.90 Å². The molecule has 0 saturated heterocycles. The molecule has 0 aromatic heterocycles. The maximum absolute atomic E-state index is 12.9. The predicted octanol–water partition coefficient (Wildman–Crippen LogP) is 2.19. The minimum Gasteiger partial charge on any atom is -0.398 e. The van der Waals surface area contributed by atoms with Crippen LogP contribution in [0.25, 0.3) is 0 Å². The molecule has 1 aromatic carbocycles. The third-order valence-electron chi connectivity index (χ3n) is 3.38. The van der Waals surface area contributed by atoms with E-state index < -0.39 is 10.0 Å². The maximum atomic E-state index is 12.9. The molecule has 21 heavy (non-hydrogen) atoms. The SMILES string of the molecule is CCN(C(C)CN(C)C)S(=O)(=O)c1cc(Cl)cc(N)c1C. The molecule has 0 heterocycles. The van der Waals surface area contributed by atoms with Gasteiger partial charge in [-0.25, -0.2) is 8.42 Å². The fourth-order valence-corrected chi connectivity index (χ4v) is 4.61. The van der Waals surface area contributed by atoms with Crippen LogP contribution in [0.4, 0.5) is 5.69 Å². The van der Waals surface area contributed by atoms with Crippen LogP contribution < -0.4 is 5.73 Å². The summed E-state index contributed by atoms with van der Waals surface area (Å²) < 4.78 is 27.3. The number of rotatable bonds is 6. The summed E-state index contributed by atoms with van der Waals surface area (Å²) in [6, 6.07) is 2.89. The van der Waals surface area contributed by atoms with Crippen molar-refractivity contribution in [3.05, 3.63) is 22.7 Å². The molecule has 0 aliphatic heterocycles. The summed E-state index contributed by atoms with van der Waals surface area (Å²) in [7, 11) is 0.203. The van der Waals surface area contributed by atoms with Gasteiger partial charge in [-0.15, -0.1) is 0 Å².